The van der Waals surface area contributed by atoms with Crippen LogP contribution in [0, 0.1) is 0 Å². The molecular weight excluding hydrogens is 390 g/mol. The van der Waals surface area contributed by atoms with Crippen molar-refractivity contribution in [2.24, 2.45) is 0 Å². The summed E-state index contributed by atoms with van der Waals surface area (Å²) in [5, 5.41) is 0. The number of amides is 1. The third-order valence-electron chi connectivity index (χ3n) is 3.49. The summed E-state index contributed by atoms with van der Waals surface area (Å²) < 4.78 is 1.62. The van der Waals surface area contributed by atoms with Crippen LogP contribution >= 0.6 is 39.9 Å². The van der Waals surface area contributed by atoms with E-state index in [2.05, 4.69) is 28.1 Å². The van der Waals surface area contributed by atoms with Gasteiger partial charge in [-0.3, -0.25) is 9.69 Å². The summed E-state index contributed by atoms with van der Waals surface area (Å²) in [5.74, 6) is -0.00379. The normalized spacial score (nSPS) is 16.4. The molecule has 23 heavy (non-hydrogen) atoms. The first-order valence-corrected chi connectivity index (χ1v) is 9.20. The van der Waals surface area contributed by atoms with Crippen molar-refractivity contribution < 1.29 is 4.79 Å². The molecule has 2 nitrogen and oxygen atoms in total. The van der Waals surface area contributed by atoms with Crippen LogP contribution in [0.5, 0.6) is 0 Å². The van der Waals surface area contributed by atoms with Crippen molar-refractivity contribution in [1.82, 2.24) is 4.90 Å². The lowest BCUT2D eigenvalue weighted by Crippen LogP contribution is -2.30. The van der Waals surface area contributed by atoms with Crippen LogP contribution in [0.3, 0.4) is 0 Å². The second-order valence-corrected chi connectivity index (χ2v) is 7.72. The summed E-state index contributed by atoms with van der Waals surface area (Å²) >= 11 is 10.2. The van der Waals surface area contributed by atoms with Gasteiger partial charge in [0.2, 0.25) is 0 Å². The first-order valence-electron chi connectivity index (χ1n) is 7.18. The van der Waals surface area contributed by atoms with Gasteiger partial charge in [-0.05, 0) is 35.8 Å². The molecule has 2 aromatic carbocycles. The third-order valence-corrected chi connectivity index (χ3v) is 5.36. The molecular formula is C18H14BrNOS2. The zero-order chi connectivity index (χ0) is 16.2. The van der Waals surface area contributed by atoms with Crippen LogP contribution < -0.4 is 0 Å². The zero-order valence-electron chi connectivity index (χ0n) is 12.2. The van der Waals surface area contributed by atoms with Gasteiger partial charge in [-0.15, -0.1) is 0 Å². The van der Waals surface area contributed by atoms with Crippen LogP contribution in [0.15, 0.2) is 64.0 Å². The van der Waals surface area contributed by atoms with Crippen LogP contribution in [0.25, 0.3) is 6.08 Å². The van der Waals surface area contributed by atoms with Crippen molar-refractivity contribution in [3.63, 3.8) is 0 Å². The number of thioether (sulfide) groups is 1. The molecule has 1 fully saturated rings. The smallest absolute Gasteiger partial charge is 0.266 e. The number of hydrogen-bond donors (Lipinski definition) is 0. The van der Waals surface area contributed by atoms with Gasteiger partial charge in [-0.25, -0.2) is 0 Å². The number of benzene rings is 2. The van der Waals surface area contributed by atoms with Crippen LogP contribution in [-0.2, 0) is 11.2 Å². The molecule has 116 valence electrons. The number of carbonyl (C=O) groups excluding carboxylic acids is 1. The van der Waals surface area contributed by atoms with Gasteiger partial charge < -0.3 is 0 Å². The van der Waals surface area contributed by atoms with E-state index in [1.165, 1.54) is 17.3 Å². The molecule has 0 atom stereocenters. The van der Waals surface area contributed by atoms with Crippen molar-refractivity contribution in [3.05, 3.63) is 75.1 Å². The predicted octanol–water partition coefficient (Wildman–Crippen LogP) is 4.89. The van der Waals surface area contributed by atoms with Crippen molar-refractivity contribution in [2.75, 3.05) is 6.54 Å². The summed E-state index contributed by atoms with van der Waals surface area (Å²) in [6, 6.07) is 18.0. The zero-order valence-corrected chi connectivity index (χ0v) is 15.5. The lowest BCUT2D eigenvalue weighted by Gasteiger charge is -2.14. The van der Waals surface area contributed by atoms with E-state index >= 15 is 0 Å². The number of carbonyl (C=O) groups is 1. The topological polar surface area (TPSA) is 20.3 Å². The second-order valence-electron chi connectivity index (χ2n) is 5.12. The van der Waals surface area contributed by atoms with Gasteiger partial charge in [0.25, 0.3) is 5.91 Å². The third kappa shape index (κ3) is 4.10. The minimum atomic E-state index is -0.00379. The van der Waals surface area contributed by atoms with Gasteiger partial charge >= 0.3 is 0 Å². The largest absolute Gasteiger partial charge is 0.293 e. The van der Waals surface area contributed by atoms with E-state index in [4.69, 9.17) is 12.2 Å². The Morgan fingerprint density at radius 1 is 1.13 bits per heavy atom. The molecule has 2 aromatic rings. The van der Waals surface area contributed by atoms with Crippen molar-refractivity contribution in [2.45, 2.75) is 6.42 Å². The maximum absolute atomic E-state index is 12.6. The molecule has 0 N–H and O–H groups in total. The van der Waals surface area contributed by atoms with E-state index in [1.807, 2.05) is 48.5 Å². The molecule has 1 aliphatic heterocycles. The van der Waals surface area contributed by atoms with E-state index in [9.17, 15) is 4.79 Å². The molecule has 0 radical (unpaired) electrons. The van der Waals surface area contributed by atoms with E-state index in [-0.39, 0.29) is 5.91 Å². The Bertz CT molecular complexity index is 774. The van der Waals surface area contributed by atoms with Gasteiger partial charge in [0.15, 0.2) is 0 Å². The molecule has 0 aliphatic carbocycles. The number of thiocarbonyl (C=S) groups is 1. The average molecular weight is 404 g/mol. The quantitative estimate of drug-likeness (QED) is 0.535. The van der Waals surface area contributed by atoms with Crippen LogP contribution in [0.4, 0.5) is 0 Å². The molecule has 0 bridgehead atoms. The molecule has 1 saturated heterocycles. The maximum atomic E-state index is 12.6. The summed E-state index contributed by atoms with van der Waals surface area (Å²) in [6.45, 7) is 0.616. The minimum absolute atomic E-state index is 0.00379. The first kappa shape index (κ1) is 16.4. The minimum Gasteiger partial charge on any atom is -0.293 e. The lowest BCUT2D eigenvalue weighted by atomic mass is 10.1. The number of nitrogens with zero attached hydrogens (tertiary/aromatic N) is 1. The monoisotopic (exact) mass is 403 g/mol. The summed E-state index contributed by atoms with van der Waals surface area (Å²) in [7, 11) is 0. The Labute approximate surface area is 153 Å². The predicted molar refractivity (Wildman–Crippen MR) is 104 cm³/mol. The molecule has 5 heteroatoms. The summed E-state index contributed by atoms with van der Waals surface area (Å²) in [6.07, 6.45) is 2.70. The fraction of sp³-hybridized carbons (Fsp3) is 0.111. The van der Waals surface area contributed by atoms with Gasteiger partial charge in [0, 0.05) is 11.0 Å². The summed E-state index contributed by atoms with van der Waals surface area (Å²) in [5.41, 5.74) is 2.19. The number of halogens is 1. The Kier molecular flexibility index (Phi) is 5.30. The Morgan fingerprint density at radius 3 is 2.65 bits per heavy atom. The molecule has 1 amide bonds. The highest BCUT2D eigenvalue weighted by Gasteiger charge is 2.31. The first-order chi connectivity index (χ1) is 11.1. The van der Waals surface area contributed by atoms with Crippen molar-refractivity contribution in [3.8, 4) is 0 Å². The standard InChI is InChI=1S/C18H14BrNOS2/c19-15-8-4-7-14(11-15)12-16-17(21)20(18(22)23-16)10-9-13-5-2-1-3-6-13/h1-8,11-12H,9-10H2. The van der Waals surface area contributed by atoms with Gasteiger partial charge in [-0.1, -0.05) is 82.4 Å². The van der Waals surface area contributed by atoms with Crippen LogP contribution in [-0.4, -0.2) is 21.7 Å². The molecule has 0 saturated carbocycles. The number of hydrogen-bond acceptors (Lipinski definition) is 3. The fourth-order valence-electron chi connectivity index (χ4n) is 2.33. The molecule has 3 rings (SSSR count). The fourth-order valence-corrected chi connectivity index (χ4v) is 4.05. The Hall–Kier alpha value is -1.43. The van der Waals surface area contributed by atoms with Crippen LogP contribution in [0.1, 0.15) is 11.1 Å². The van der Waals surface area contributed by atoms with Crippen LogP contribution in [0.2, 0.25) is 0 Å². The number of rotatable bonds is 4. The van der Waals surface area contributed by atoms with Gasteiger partial charge in [0.05, 0.1) is 4.91 Å². The highest BCUT2D eigenvalue weighted by atomic mass is 79.9. The van der Waals surface area contributed by atoms with E-state index in [0.29, 0.717) is 15.8 Å². The van der Waals surface area contributed by atoms with Crippen molar-refractivity contribution >= 4 is 56.2 Å². The van der Waals surface area contributed by atoms with E-state index < -0.39 is 0 Å². The Morgan fingerprint density at radius 2 is 1.91 bits per heavy atom. The van der Waals surface area contributed by atoms with Gasteiger partial charge in [0.1, 0.15) is 4.32 Å². The highest BCUT2D eigenvalue weighted by Crippen LogP contribution is 2.32. The molecule has 0 aromatic heterocycles. The molecule has 1 heterocycles. The molecule has 1 aliphatic rings. The molecule has 0 unspecified atom stereocenters. The van der Waals surface area contributed by atoms with Crippen molar-refractivity contribution in [1.29, 1.82) is 0 Å². The maximum Gasteiger partial charge on any atom is 0.266 e. The Balaban J connectivity index is 1.72. The second kappa shape index (κ2) is 7.43. The SMILES string of the molecule is O=C1C(=Cc2cccc(Br)c2)SC(=S)N1CCc1ccccc1. The van der Waals surface area contributed by atoms with E-state index in [0.717, 1.165) is 16.5 Å². The summed E-state index contributed by atoms with van der Waals surface area (Å²) in [4.78, 5) is 14.9. The average Bonchev–Trinajstić information content (AvgIpc) is 2.80. The highest BCUT2D eigenvalue weighted by molar-refractivity contribution is 9.10. The van der Waals surface area contributed by atoms with Gasteiger partial charge in [-0.2, -0.15) is 0 Å². The van der Waals surface area contributed by atoms with E-state index in [1.54, 1.807) is 4.90 Å². The molecule has 0 spiro atoms. The lowest BCUT2D eigenvalue weighted by molar-refractivity contribution is -0.122.